The highest BCUT2D eigenvalue weighted by Crippen LogP contribution is 2.21. The van der Waals surface area contributed by atoms with E-state index >= 15 is 0 Å². The smallest absolute Gasteiger partial charge is 0.227 e. The number of aliphatic imine (C=N–C) groups is 1. The number of hydrogen-bond donors (Lipinski definition) is 2. The van der Waals surface area contributed by atoms with E-state index in [9.17, 15) is 9.18 Å². The molecule has 29 heavy (non-hydrogen) atoms. The average Bonchev–Trinajstić information content (AvgIpc) is 3.13. The molecule has 156 valence electrons. The third-order valence-electron chi connectivity index (χ3n) is 5.05. The third kappa shape index (κ3) is 5.91. The zero-order valence-corrected chi connectivity index (χ0v) is 19.4. The van der Waals surface area contributed by atoms with Crippen LogP contribution in [0.25, 0.3) is 0 Å². The maximum Gasteiger partial charge on any atom is 0.227 e. The summed E-state index contributed by atoms with van der Waals surface area (Å²) in [5.41, 5.74) is 3.54. The average molecular weight is 510 g/mol. The summed E-state index contributed by atoms with van der Waals surface area (Å²) in [4.78, 5) is 17.9. The van der Waals surface area contributed by atoms with Crippen molar-refractivity contribution in [2.24, 2.45) is 4.99 Å². The van der Waals surface area contributed by atoms with E-state index in [1.165, 1.54) is 0 Å². The van der Waals surface area contributed by atoms with Gasteiger partial charge in [-0.05, 0) is 55.2 Å². The Hall–Kier alpha value is -2.16. The van der Waals surface area contributed by atoms with E-state index < -0.39 is 0 Å². The van der Waals surface area contributed by atoms with Gasteiger partial charge in [0.2, 0.25) is 5.91 Å². The van der Waals surface area contributed by atoms with Crippen LogP contribution in [0, 0.1) is 12.7 Å². The van der Waals surface area contributed by atoms with Gasteiger partial charge in [0.05, 0.1) is 6.04 Å². The second-order valence-electron chi connectivity index (χ2n) is 7.12. The summed E-state index contributed by atoms with van der Waals surface area (Å²) in [7, 11) is 1.71. The Morgan fingerprint density at radius 3 is 2.55 bits per heavy atom. The number of carbonyl (C=O) groups excluding carboxylic acids is 1. The molecule has 5 nitrogen and oxygen atoms in total. The molecule has 0 spiro atoms. The molecular weight excluding hydrogens is 482 g/mol. The van der Waals surface area contributed by atoms with Crippen LogP contribution in [0.4, 0.5) is 10.1 Å². The largest absolute Gasteiger partial charge is 0.352 e. The van der Waals surface area contributed by atoms with Crippen molar-refractivity contribution >= 4 is 41.5 Å². The van der Waals surface area contributed by atoms with Crippen molar-refractivity contribution in [3.8, 4) is 0 Å². The Morgan fingerprint density at radius 1 is 1.24 bits per heavy atom. The van der Waals surface area contributed by atoms with Gasteiger partial charge in [0.25, 0.3) is 0 Å². The van der Waals surface area contributed by atoms with Crippen molar-refractivity contribution in [2.75, 3.05) is 18.5 Å². The van der Waals surface area contributed by atoms with Gasteiger partial charge in [-0.25, -0.2) is 4.39 Å². The molecule has 2 aromatic carbocycles. The van der Waals surface area contributed by atoms with Gasteiger partial charge in [0.15, 0.2) is 5.96 Å². The molecule has 0 radical (unpaired) electrons. The summed E-state index contributed by atoms with van der Waals surface area (Å²) in [6.07, 6.45) is 1.56. The first kappa shape index (κ1) is 23.1. The van der Waals surface area contributed by atoms with Gasteiger partial charge in [-0.15, -0.1) is 24.0 Å². The van der Waals surface area contributed by atoms with Gasteiger partial charge >= 0.3 is 0 Å². The highest BCUT2D eigenvalue weighted by Gasteiger charge is 2.21. The van der Waals surface area contributed by atoms with Gasteiger partial charge < -0.3 is 15.5 Å². The van der Waals surface area contributed by atoms with Crippen molar-refractivity contribution < 1.29 is 9.18 Å². The Kier molecular flexibility index (Phi) is 8.43. The quantitative estimate of drug-likeness (QED) is 0.358. The van der Waals surface area contributed by atoms with Crippen molar-refractivity contribution in [1.29, 1.82) is 0 Å². The molecule has 0 bridgehead atoms. The summed E-state index contributed by atoms with van der Waals surface area (Å²) in [5.74, 6) is 0.634. The van der Waals surface area contributed by atoms with Gasteiger partial charge in [0.1, 0.15) is 5.82 Å². The zero-order chi connectivity index (χ0) is 20.1. The Morgan fingerprint density at radius 2 is 1.97 bits per heavy atom. The molecule has 1 atom stereocenters. The summed E-state index contributed by atoms with van der Waals surface area (Å²) in [6.45, 7) is 5.12. The Bertz CT molecular complexity index is 870. The maximum atomic E-state index is 13.8. The predicted molar refractivity (Wildman–Crippen MR) is 126 cm³/mol. The number of carbonyl (C=O) groups is 1. The van der Waals surface area contributed by atoms with E-state index in [-0.39, 0.29) is 41.7 Å². The number of nitrogens with one attached hydrogen (secondary N) is 2. The topological polar surface area (TPSA) is 56.7 Å². The lowest BCUT2D eigenvalue weighted by Crippen LogP contribution is -2.38. The summed E-state index contributed by atoms with van der Waals surface area (Å²) in [6, 6.07) is 13.2. The van der Waals surface area contributed by atoms with Crippen LogP contribution in [-0.2, 0) is 11.3 Å². The minimum absolute atomic E-state index is 0. The van der Waals surface area contributed by atoms with E-state index in [4.69, 9.17) is 0 Å². The standard InChI is InChI=1S/C22H27FN4O.HI/c1-15-6-9-18(13-20(15)23)16(2)26-22(24-3)25-14-17-7-10-19(11-8-17)27-12-4-5-21(27)28;/h6-11,13,16H,4-5,12,14H2,1-3H3,(H2,24,25,26);1H. The molecule has 3 rings (SSSR count). The van der Waals surface area contributed by atoms with Crippen molar-refractivity contribution in [3.63, 3.8) is 0 Å². The number of amides is 1. The number of benzene rings is 2. The zero-order valence-electron chi connectivity index (χ0n) is 17.0. The second kappa shape index (κ2) is 10.6. The van der Waals surface area contributed by atoms with Crippen LogP contribution < -0.4 is 15.5 Å². The Balaban J connectivity index is 0.00000300. The molecule has 1 aliphatic rings. The second-order valence-corrected chi connectivity index (χ2v) is 7.12. The maximum absolute atomic E-state index is 13.8. The number of aryl methyl sites for hydroxylation is 1. The number of halogens is 2. The van der Waals surface area contributed by atoms with Gasteiger partial charge in [-0.1, -0.05) is 24.3 Å². The van der Waals surface area contributed by atoms with E-state index in [1.54, 1.807) is 26.1 Å². The molecule has 0 saturated carbocycles. The van der Waals surface area contributed by atoms with Crippen LogP contribution in [0.5, 0.6) is 0 Å². The molecule has 2 aromatic rings. The fourth-order valence-corrected chi connectivity index (χ4v) is 3.26. The number of hydrogen-bond acceptors (Lipinski definition) is 2. The lowest BCUT2D eigenvalue weighted by atomic mass is 10.1. The van der Waals surface area contributed by atoms with E-state index in [1.807, 2.05) is 42.2 Å². The van der Waals surface area contributed by atoms with Crippen molar-refractivity contribution in [1.82, 2.24) is 10.6 Å². The van der Waals surface area contributed by atoms with Gasteiger partial charge in [-0.2, -0.15) is 0 Å². The molecule has 1 saturated heterocycles. The minimum Gasteiger partial charge on any atom is -0.352 e. The third-order valence-corrected chi connectivity index (χ3v) is 5.05. The molecule has 1 unspecified atom stereocenters. The molecule has 1 heterocycles. The molecule has 2 N–H and O–H groups in total. The van der Waals surface area contributed by atoms with Crippen LogP contribution in [-0.4, -0.2) is 25.5 Å². The lowest BCUT2D eigenvalue weighted by Gasteiger charge is -2.19. The monoisotopic (exact) mass is 510 g/mol. The van der Waals surface area contributed by atoms with Crippen LogP contribution >= 0.6 is 24.0 Å². The summed E-state index contributed by atoms with van der Waals surface area (Å²) >= 11 is 0. The normalized spacial score (nSPS) is 15.1. The highest BCUT2D eigenvalue weighted by molar-refractivity contribution is 14.0. The molecule has 0 aliphatic carbocycles. The van der Waals surface area contributed by atoms with Crippen LogP contribution in [0.15, 0.2) is 47.5 Å². The Labute approximate surface area is 188 Å². The van der Waals surface area contributed by atoms with Crippen LogP contribution in [0.2, 0.25) is 0 Å². The van der Waals surface area contributed by atoms with Crippen LogP contribution in [0.1, 0.15) is 42.5 Å². The van der Waals surface area contributed by atoms with E-state index in [2.05, 4.69) is 15.6 Å². The number of guanidine groups is 1. The minimum atomic E-state index is -0.203. The van der Waals surface area contributed by atoms with E-state index in [0.717, 1.165) is 29.8 Å². The van der Waals surface area contributed by atoms with Gasteiger partial charge in [-0.3, -0.25) is 9.79 Å². The first-order valence-corrected chi connectivity index (χ1v) is 9.60. The fourth-order valence-electron chi connectivity index (χ4n) is 3.26. The number of nitrogens with zero attached hydrogens (tertiary/aromatic N) is 2. The lowest BCUT2D eigenvalue weighted by molar-refractivity contribution is -0.117. The number of anilines is 1. The fraction of sp³-hybridized carbons (Fsp3) is 0.364. The first-order valence-electron chi connectivity index (χ1n) is 9.60. The van der Waals surface area contributed by atoms with E-state index in [0.29, 0.717) is 24.5 Å². The molecule has 1 fully saturated rings. The van der Waals surface area contributed by atoms with Crippen molar-refractivity contribution in [2.45, 2.75) is 39.3 Å². The molecule has 7 heteroatoms. The molecule has 0 aromatic heterocycles. The number of rotatable bonds is 5. The first-order chi connectivity index (χ1) is 13.5. The van der Waals surface area contributed by atoms with Crippen molar-refractivity contribution in [3.05, 3.63) is 65.0 Å². The SMILES string of the molecule is CN=C(NCc1ccc(N2CCCC2=O)cc1)NC(C)c1ccc(C)c(F)c1.I. The highest BCUT2D eigenvalue weighted by atomic mass is 127. The van der Waals surface area contributed by atoms with Crippen LogP contribution in [0.3, 0.4) is 0 Å². The molecular formula is C22H28FIN4O. The summed E-state index contributed by atoms with van der Waals surface area (Å²) in [5, 5.41) is 6.56. The van der Waals surface area contributed by atoms with Gasteiger partial charge in [0, 0.05) is 32.2 Å². The molecule has 1 amide bonds. The predicted octanol–water partition coefficient (Wildman–Crippen LogP) is 4.31. The molecule has 1 aliphatic heterocycles. The summed E-state index contributed by atoms with van der Waals surface area (Å²) < 4.78 is 13.8.